The second-order valence-electron chi connectivity index (χ2n) is 7.78. The van der Waals surface area contributed by atoms with Crippen LogP contribution >= 0.6 is 0 Å². The third-order valence-corrected chi connectivity index (χ3v) is 5.10. The standard InChI is InChI=1S/C23H31NO3/c1-23(2,16-15-21(25)17-7-11-19(26-5)12-8-17)22(24(3)4)18-9-13-20(27-6)14-10-18/h7-14,22H,15-16H2,1-6H3. The van der Waals surface area contributed by atoms with Gasteiger partial charge in [0.1, 0.15) is 11.5 Å². The molecule has 2 aromatic carbocycles. The van der Waals surface area contributed by atoms with Crippen molar-refractivity contribution in [2.24, 2.45) is 5.41 Å². The Labute approximate surface area is 163 Å². The molecule has 0 fully saturated rings. The van der Waals surface area contributed by atoms with Crippen molar-refractivity contribution in [2.45, 2.75) is 32.7 Å². The number of hydrogen-bond acceptors (Lipinski definition) is 4. The molecule has 0 N–H and O–H groups in total. The zero-order valence-corrected chi connectivity index (χ0v) is 17.3. The highest BCUT2D eigenvalue weighted by Gasteiger charge is 2.33. The Morgan fingerprint density at radius 2 is 1.41 bits per heavy atom. The molecule has 0 aliphatic carbocycles. The highest BCUT2D eigenvalue weighted by atomic mass is 16.5. The molecule has 2 aromatic rings. The quantitative estimate of drug-likeness (QED) is 0.583. The lowest BCUT2D eigenvalue weighted by Crippen LogP contribution is -2.34. The van der Waals surface area contributed by atoms with Gasteiger partial charge in [-0.25, -0.2) is 0 Å². The Hall–Kier alpha value is -2.33. The number of methoxy groups -OCH3 is 2. The van der Waals surface area contributed by atoms with E-state index in [1.165, 1.54) is 5.56 Å². The number of ether oxygens (including phenoxy) is 2. The number of nitrogens with zero attached hydrogens (tertiary/aromatic N) is 1. The Kier molecular flexibility index (Phi) is 7.03. The van der Waals surface area contributed by atoms with E-state index in [1.54, 1.807) is 14.2 Å². The third-order valence-electron chi connectivity index (χ3n) is 5.10. The molecule has 0 spiro atoms. The van der Waals surface area contributed by atoms with Crippen LogP contribution in [0.15, 0.2) is 48.5 Å². The van der Waals surface area contributed by atoms with Gasteiger partial charge in [0.05, 0.1) is 14.2 Å². The van der Waals surface area contributed by atoms with Gasteiger partial charge in [0.25, 0.3) is 0 Å². The Morgan fingerprint density at radius 3 is 1.85 bits per heavy atom. The Bertz CT molecular complexity index is 733. The fraction of sp³-hybridized carbons (Fsp3) is 0.435. The van der Waals surface area contributed by atoms with E-state index in [9.17, 15) is 4.79 Å². The normalized spacial score (nSPS) is 12.7. The predicted molar refractivity (Wildman–Crippen MR) is 110 cm³/mol. The van der Waals surface area contributed by atoms with Gasteiger partial charge in [-0.15, -0.1) is 0 Å². The van der Waals surface area contributed by atoms with E-state index in [4.69, 9.17) is 9.47 Å². The highest BCUT2D eigenvalue weighted by Crippen LogP contribution is 2.41. The first-order valence-corrected chi connectivity index (χ1v) is 9.26. The van der Waals surface area contributed by atoms with Gasteiger partial charge in [-0.2, -0.15) is 0 Å². The van der Waals surface area contributed by atoms with Crippen LogP contribution in [-0.4, -0.2) is 39.0 Å². The molecule has 27 heavy (non-hydrogen) atoms. The van der Waals surface area contributed by atoms with Crippen LogP contribution in [0, 0.1) is 5.41 Å². The fourth-order valence-electron chi connectivity index (χ4n) is 3.73. The molecule has 0 bridgehead atoms. The maximum Gasteiger partial charge on any atom is 0.162 e. The van der Waals surface area contributed by atoms with Gasteiger partial charge in [0.2, 0.25) is 0 Å². The summed E-state index contributed by atoms with van der Waals surface area (Å²) in [6.07, 6.45) is 1.31. The second kappa shape index (κ2) is 9.05. The van der Waals surface area contributed by atoms with Gasteiger partial charge < -0.3 is 14.4 Å². The van der Waals surface area contributed by atoms with Crippen molar-refractivity contribution in [3.63, 3.8) is 0 Å². The smallest absolute Gasteiger partial charge is 0.162 e. The van der Waals surface area contributed by atoms with Gasteiger partial charge in [0, 0.05) is 18.0 Å². The Balaban J connectivity index is 2.11. The zero-order valence-electron chi connectivity index (χ0n) is 17.3. The highest BCUT2D eigenvalue weighted by molar-refractivity contribution is 5.96. The van der Waals surface area contributed by atoms with E-state index >= 15 is 0 Å². The molecule has 4 nitrogen and oxygen atoms in total. The topological polar surface area (TPSA) is 38.8 Å². The molecule has 0 saturated heterocycles. The van der Waals surface area contributed by atoms with E-state index in [1.807, 2.05) is 36.4 Å². The number of rotatable bonds is 9. The van der Waals surface area contributed by atoms with Gasteiger partial charge in [-0.05, 0) is 67.9 Å². The lowest BCUT2D eigenvalue weighted by atomic mass is 9.75. The summed E-state index contributed by atoms with van der Waals surface area (Å²) in [4.78, 5) is 14.9. The van der Waals surface area contributed by atoms with Gasteiger partial charge in [-0.3, -0.25) is 4.79 Å². The van der Waals surface area contributed by atoms with Crippen molar-refractivity contribution in [3.05, 3.63) is 59.7 Å². The van der Waals surface area contributed by atoms with Gasteiger partial charge in [-0.1, -0.05) is 26.0 Å². The van der Waals surface area contributed by atoms with Crippen molar-refractivity contribution in [1.82, 2.24) is 4.90 Å². The molecular formula is C23H31NO3. The number of ketones is 1. The van der Waals surface area contributed by atoms with Crippen LogP contribution in [-0.2, 0) is 0 Å². The number of carbonyl (C=O) groups is 1. The minimum atomic E-state index is -0.0692. The molecule has 0 aromatic heterocycles. The summed E-state index contributed by atoms with van der Waals surface area (Å²) >= 11 is 0. The average molecular weight is 370 g/mol. The minimum Gasteiger partial charge on any atom is -0.497 e. The van der Waals surface area contributed by atoms with Crippen LogP contribution in [0.3, 0.4) is 0 Å². The number of Topliss-reactive ketones (excluding diaryl/α,β-unsaturated/α-hetero) is 1. The maximum atomic E-state index is 12.6. The fourth-order valence-corrected chi connectivity index (χ4v) is 3.73. The first-order chi connectivity index (χ1) is 12.8. The Morgan fingerprint density at radius 1 is 0.926 bits per heavy atom. The molecule has 0 saturated carbocycles. The van der Waals surface area contributed by atoms with Crippen LogP contribution in [0.5, 0.6) is 11.5 Å². The zero-order chi connectivity index (χ0) is 20.0. The van der Waals surface area contributed by atoms with Crippen LogP contribution < -0.4 is 9.47 Å². The van der Waals surface area contributed by atoms with E-state index in [-0.39, 0.29) is 17.2 Å². The lowest BCUT2D eigenvalue weighted by Gasteiger charge is -2.39. The van der Waals surface area contributed by atoms with Crippen LogP contribution in [0.1, 0.15) is 48.7 Å². The summed E-state index contributed by atoms with van der Waals surface area (Å²) in [5.74, 6) is 1.78. The summed E-state index contributed by atoms with van der Waals surface area (Å²) in [7, 11) is 7.47. The minimum absolute atomic E-state index is 0.0692. The first kappa shape index (κ1) is 21.0. The summed E-state index contributed by atoms with van der Waals surface area (Å²) in [5.41, 5.74) is 1.89. The average Bonchev–Trinajstić information content (AvgIpc) is 2.66. The molecular weight excluding hydrogens is 338 g/mol. The summed E-state index contributed by atoms with van der Waals surface area (Å²) in [5, 5.41) is 0. The van der Waals surface area contributed by atoms with Crippen LogP contribution in [0.4, 0.5) is 0 Å². The number of hydrogen-bond donors (Lipinski definition) is 0. The summed E-state index contributed by atoms with van der Waals surface area (Å²) in [6.45, 7) is 4.45. The number of benzene rings is 2. The van der Waals surface area contributed by atoms with Gasteiger partial charge in [0.15, 0.2) is 5.78 Å². The second-order valence-corrected chi connectivity index (χ2v) is 7.78. The largest absolute Gasteiger partial charge is 0.497 e. The van der Waals surface area contributed by atoms with Crippen LogP contribution in [0.2, 0.25) is 0 Å². The molecule has 4 heteroatoms. The monoisotopic (exact) mass is 369 g/mol. The van der Waals surface area contributed by atoms with Crippen molar-refractivity contribution in [3.8, 4) is 11.5 Å². The molecule has 146 valence electrons. The van der Waals surface area contributed by atoms with E-state index in [2.05, 4.69) is 45.0 Å². The summed E-state index contributed by atoms with van der Waals surface area (Å²) in [6, 6.07) is 15.7. The molecule has 2 rings (SSSR count). The SMILES string of the molecule is COc1ccc(C(=O)CCC(C)(C)C(c2ccc(OC)cc2)N(C)C)cc1. The van der Waals surface area contributed by atoms with Crippen molar-refractivity contribution >= 4 is 5.78 Å². The number of carbonyl (C=O) groups excluding carboxylic acids is 1. The molecule has 1 atom stereocenters. The molecule has 0 heterocycles. The first-order valence-electron chi connectivity index (χ1n) is 9.26. The molecule has 0 amide bonds. The predicted octanol–water partition coefficient (Wildman–Crippen LogP) is 5.00. The van der Waals surface area contributed by atoms with E-state index in [0.717, 1.165) is 23.5 Å². The summed E-state index contributed by atoms with van der Waals surface area (Å²) < 4.78 is 10.4. The van der Waals surface area contributed by atoms with Crippen molar-refractivity contribution < 1.29 is 14.3 Å². The van der Waals surface area contributed by atoms with Crippen molar-refractivity contribution in [1.29, 1.82) is 0 Å². The molecule has 1 unspecified atom stereocenters. The lowest BCUT2D eigenvalue weighted by molar-refractivity contribution is 0.0899. The maximum absolute atomic E-state index is 12.6. The molecule has 0 radical (unpaired) electrons. The van der Waals surface area contributed by atoms with Gasteiger partial charge >= 0.3 is 0 Å². The van der Waals surface area contributed by atoms with Crippen molar-refractivity contribution in [2.75, 3.05) is 28.3 Å². The van der Waals surface area contributed by atoms with Crippen LogP contribution in [0.25, 0.3) is 0 Å². The molecule has 0 aliphatic heterocycles. The molecule has 0 aliphatic rings. The third kappa shape index (κ3) is 5.33. The van der Waals surface area contributed by atoms with E-state index < -0.39 is 0 Å². The van der Waals surface area contributed by atoms with E-state index in [0.29, 0.717) is 6.42 Å².